The molecule has 0 N–H and O–H groups in total. The zero-order valence-corrected chi connectivity index (χ0v) is 16.7. The van der Waals surface area contributed by atoms with Crippen LogP contribution in [-0.2, 0) is 12.8 Å². The van der Waals surface area contributed by atoms with Crippen LogP contribution in [0.4, 0.5) is 0 Å². The zero-order chi connectivity index (χ0) is 19.4. The van der Waals surface area contributed by atoms with Crippen molar-refractivity contribution in [1.82, 2.24) is 9.38 Å². The third-order valence-electron chi connectivity index (χ3n) is 5.52. The smallest absolute Gasteiger partial charge is 0.261 e. The van der Waals surface area contributed by atoms with E-state index in [-0.39, 0.29) is 11.0 Å². The van der Waals surface area contributed by atoms with Crippen molar-refractivity contribution in [3.05, 3.63) is 57.7 Å². The first-order valence-corrected chi connectivity index (χ1v) is 9.69. The van der Waals surface area contributed by atoms with Crippen LogP contribution in [0, 0.1) is 17.3 Å². The minimum absolute atomic E-state index is 0.0642. The summed E-state index contributed by atoms with van der Waals surface area (Å²) in [6.45, 7) is 6.58. The molecule has 0 spiro atoms. The molecule has 0 amide bonds. The Balaban J connectivity index is 2.02. The summed E-state index contributed by atoms with van der Waals surface area (Å²) in [4.78, 5) is 21.9. The van der Waals surface area contributed by atoms with E-state index in [1.54, 1.807) is 17.6 Å². The van der Waals surface area contributed by atoms with Gasteiger partial charge in [0.25, 0.3) is 5.56 Å². The van der Waals surface area contributed by atoms with Crippen molar-refractivity contribution >= 4 is 11.4 Å². The third kappa shape index (κ3) is 4.03. The van der Waals surface area contributed by atoms with Crippen LogP contribution >= 0.6 is 0 Å². The number of allylic oxidation sites excluding steroid dienone is 2. The van der Waals surface area contributed by atoms with Crippen molar-refractivity contribution in [2.75, 3.05) is 7.05 Å². The van der Waals surface area contributed by atoms with E-state index >= 15 is 0 Å². The molecule has 2 heterocycles. The summed E-state index contributed by atoms with van der Waals surface area (Å²) in [6.07, 6.45) is 10.5. The fourth-order valence-electron chi connectivity index (χ4n) is 3.45. The molecule has 0 aliphatic heterocycles. The molecule has 4 nitrogen and oxygen atoms in total. The molecule has 140 valence electrons. The predicted molar refractivity (Wildman–Crippen MR) is 112 cm³/mol. The number of aromatic nitrogens is 2. The maximum atomic E-state index is 12.9. The Morgan fingerprint density at radius 3 is 2.96 bits per heavy atom. The largest absolute Gasteiger partial charge is 0.280 e. The molecule has 4 heteroatoms. The monoisotopic (exact) mass is 361 g/mol. The van der Waals surface area contributed by atoms with Gasteiger partial charge in [0.15, 0.2) is 0 Å². The van der Waals surface area contributed by atoms with E-state index < -0.39 is 0 Å². The average molecular weight is 361 g/mol. The Labute approximate surface area is 161 Å². The highest BCUT2D eigenvalue weighted by molar-refractivity contribution is 6.08. The maximum Gasteiger partial charge on any atom is 0.261 e. The first-order chi connectivity index (χ1) is 13.0. The Hall–Kier alpha value is -2.67. The highest BCUT2D eigenvalue weighted by atomic mass is 16.1. The normalized spacial score (nSPS) is 19.8. The molecule has 0 saturated heterocycles. The molecule has 27 heavy (non-hydrogen) atoms. The Morgan fingerprint density at radius 1 is 1.44 bits per heavy atom. The number of hydrogen-bond acceptors (Lipinski definition) is 3. The van der Waals surface area contributed by atoms with Gasteiger partial charge < -0.3 is 0 Å². The van der Waals surface area contributed by atoms with Gasteiger partial charge in [-0.3, -0.25) is 14.2 Å². The van der Waals surface area contributed by atoms with Crippen LogP contribution in [0.25, 0.3) is 5.65 Å². The molecule has 1 atom stereocenters. The molecular formula is C23H27N3O. The number of pyridine rings is 1. The van der Waals surface area contributed by atoms with Crippen molar-refractivity contribution in [1.29, 1.82) is 0 Å². The van der Waals surface area contributed by atoms with Crippen molar-refractivity contribution in [3.8, 4) is 11.8 Å². The van der Waals surface area contributed by atoms with Gasteiger partial charge in [-0.05, 0) is 55.2 Å². The zero-order valence-electron chi connectivity index (χ0n) is 16.7. The minimum atomic E-state index is 0.0642. The summed E-state index contributed by atoms with van der Waals surface area (Å²) in [5, 5.41) is 0. The molecular weight excluding hydrogens is 334 g/mol. The first kappa shape index (κ1) is 19.1. The molecule has 0 radical (unpaired) electrons. The summed E-state index contributed by atoms with van der Waals surface area (Å²) in [5.41, 5.74) is 4.39. The van der Waals surface area contributed by atoms with Crippen molar-refractivity contribution in [3.63, 3.8) is 0 Å². The van der Waals surface area contributed by atoms with Gasteiger partial charge in [0.1, 0.15) is 11.4 Å². The van der Waals surface area contributed by atoms with Crippen molar-refractivity contribution in [2.45, 2.75) is 52.9 Å². The number of nitrogens with zero attached hydrogens (tertiary/aromatic N) is 3. The minimum Gasteiger partial charge on any atom is -0.280 e. The lowest BCUT2D eigenvalue weighted by Crippen LogP contribution is -2.32. The number of rotatable bonds is 3. The fourth-order valence-corrected chi connectivity index (χ4v) is 3.45. The van der Waals surface area contributed by atoms with E-state index in [1.165, 1.54) is 0 Å². The second kappa shape index (κ2) is 7.92. The summed E-state index contributed by atoms with van der Waals surface area (Å²) in [7, 11) is 1.74. The first-order valence-electron chi connectivity index (χ1n) is 9.69. The van der Waals surface area contributed by atoms with E-state index in [2.05, 4.69) is 37.6 Å². The summed E-state index contributed by atoms with van der Waals surface area (Å²) in [6, 6.07) is 3.76. The molecule has 1 aliphatic carbocycles. The lowest BCUT2D eigenvalue weighted by Gasteiger charge is -2.33. The van der Waals surface area contributed by atoms with Gasteiger partial charge in [-0.1, -0.05) is 39.2 Å². The van der Waals surface area contributed by atoms with E-state index in [9.17, 15) is 4.79 Å². The van der Waals surface area contributed by atoms with Gasteiger partial charge in [0, 0.05) is 24.4 Å². The van der Waals surface area contributed by atoms with Crippen LogP contribution in [0.2, 0.25) is 0 Å². The Kier molecular flexibility index (Phi) is 5.60. The van der Waals surface area contributed by atoms with E-state index in [1.807, 2.05) is 24.3 Å². The second-order valence-corrected chi connectivity index (χ2v) is 7.50. The Bertz CT molecular complexity index is 1030. The van der Waals surface area contributed by atoms with Gasteiger partial charge in [0.05, 0.1) is 5.69 Å². The Morgan fingerprint density at radius 2 is 2.26 bits per heavy atom. The molecule has 2 aromatic rings. The lowest BCUT2D eigenvalue weighted by molar-refractivity contribution is 0.263. The average Bonchev–Trinajstić information content (AvgIpc) is 2.68. The predicted octanol–water partition coefficient (Wildman–Crippen LogP) is 3.99. The maximum absolute atomic E-state index is 12.9. The molecule has 0 aromatic carbocycles. The number of aliphatic imine (C=N–C) groups is 1. The third-order valence-corrected chi connectivity index (χ3v) is 5.52. The van der Waals surface area contributed by atoms with E-state index in [4.69, 9.17) is 4.98 Å². The van der Waals surface area contributed by atoms with Gasteiger partial charge in [-0.15, -0.1) is 0 Å². The molecule has 0 fully saturated rings. The lowest BCUT2D eigenvalue weighted by atomic mass is 9.73. The van der Waals surface area contributed by atoms with Crippen LogP contribution in [0.3, 0.4) is 0 Å². The molecule has 3 rings (SSSR count). The van der Waals surface area contributed by atoms with Crippen LogP contribution < -0.4 is 5.56 Å². The quantitative estimate of drug-likeness (QED) is 0.613. The highest BCUT2D eigenvalue weighted by Gasteiger charge is 2.31. The van der Waals surface area contributed by atoms with E-state index in [0.29, 0.717) is 5.65 Å². The number of hydrogen-bond donors (Lipinski definition) is 0. The van der Waals surface area contributed by atoms with Gasteiger partial charge in [-0.25, -0.2) is 4.98 Å². The summed E-state index contributed by atoms with van der Waals surface area (Å²) < 4.78 is 1.64. The van der Waals surface area contributed by atoms with Crippen molar-refractivity contribution < 1.29 is 0 Å². The topological polar surface area (TPSA) is 46.7 Å². The molecule has 0 saturated carbocycles. The summed E-state index contributed by atoms with van der Waals surface area (Å²) in [5.74, 6) is 6.22. The van der Waals surface area contributed by atoms with Crippen LogP contribution in [-0.4, -0.2) is 22.1 Å². The van der Waals surface area contributed by atoms with E-state index in [0.717, 1.165) is 54.6 Å². The van der Waals surface area contributed by atoms with Gasteiger partial charge >= 0.3 is 0 Å². The van der Waals surface area contributed by atoms with Gasteiger partial charge in [-0.2, -0.15) is 0 Å². The molecule has 1 unspecified atom stereocenters. The van der Waals surface area contributed by atoms with Crippen LogP contribution in [0.1, 0.15) is 56.9 Å². The standard InChI is InChI=1S/C23H27N3O/c1-5-7-8-18(24-4)10-9-17-12-14-26-21(15-17)25-20-16-23(3,6-2)13-11-19(20)22(26)27/h7-8,12,14-15H,5-6,11,13,16H2,1-4H3/b8-7-,24-18?. The second-order valence-electron chi connectivity index (χ2n) is 7.50. The van der Waals surface area contributed by atoms with Crippen molar-refractivity contribution in [2.24, 2.45) is 10.4 Å². The van der Waals surface area contributed by atoms with Crippen LogP contribution in [0.15, 0.2) is 40.3 Å². The van der Waals surface area contributed by atoms with Crippen LogP contribution in [0.5, 0.6) is 0 Å². The SMILES string of the molecule is CC/C=C\C(C#Cc1ccn2c(=O)c3c(nc2c1)CC(C)(CC)CC3)=NC. The fraction of sp³-hybridized carbons (Fsp3) is 0.435. The highest BCUT2D eigenvalue weighted by Crippen LogP contribution is 2.36. The molecule has 0 bridgehead atoms. The van der Waals surface area contributed by atoms with Gasteiger partial charge in [0.2, 0.25) is 0 Å². The summed E-state index contributed by atoms with van der Waals surface area (Å²) >= 11 is 0. The molecule has 1 aliphatic rings. The molecule has 2 aromatic heterocycles. The number of fused-ring (bicyclic) bond motifs is 2.